The van der Waals surface area contributed by atoms with E-state index in [-0.39, 0.29) is 17.2 Å². The number of benzene rings is 1. The summed E-state index contributed by atoms with van der Waals surface area (Å²) in [6.07, 6.45) is -4.88. The maximum Gasteiger partial charge on any atom is 0.417 e. The Morgan fingerprint density at radius 1 is 1.27 bits per heavy atom. The van der Waals surface area contributed by atoms with Gasteiger partial charge in [-0.1, -0.05) is 11.6 Å². The number of hydrogen-bond acceptors (Lipinski definition) is 4. The number of sulfonamides is 1. The smallest absolute Gasteiger partial charge is 0.229 e. The molecule has 0 saturated carbocycles. The summed E-state index contributed by atoms with van der Waals surface area (Å²) in [6, 6.07) is 1.35. The van der Waals surface area contributed by atoms with Crippen LogP contribution in [-0.2, 0) is 26.0 Å². The Balaban J connectivity index is 2.38. The Bertz CT molecular complexity index is 790. The zero-order valence-electron chi connectivity index (χ0n) is 10.9. The lowest BCUT2D eigenvalue weighted by Gasteiger charge is -2.16. The highest BCUT2D eigenvalue weighted by Gasteiger charge is 2.39. The molecule has 1 saturated heterocycles. The number of sulfone groups is 1. The van der Waals surface area contributed by atoms with Crippen molar-refractivity contribution in [2.75, 3.05) is 11.5 Å². The van der Waals surface area contributed by atoms with Gasteiger partial charge in [0.1, 0.15) is 0 Å². The summed E-state index contributed by atoms with van der Waals surface area (Å²) in [7, 11) is -7.88. The average molecular weight is 378 g/mol. The summed E-state index contributed by atoms with van der Waals surface area (Å²) >= 11 is 5.49. The third-order valence-electron chi connectivity index (χ3n) is 3.09. The second-order valence-corrected chi connectivity index (χ2v) is 9.21. The van der Waals surface area contributed by atoms with Gasteiger partial charge in [-0.25, -0.2) is 21.6 Å². The van der Waals surface area contributed by atoms with E-state index in [0.29, 0.717) is 6.07 Å². The van der Waals surface area contributed by atoms with Crippen LogP contribution in [0.4, 0.5) is 13.2 Å². The molecule has 11 heteroatoms. The fourth-order valence-electron chi connectivity index (χ4n) is 2.13. The Labute approximate surface area is 130 Å². The summed E-state index contributed by atoms with van der Waals surface area (Å²) in [5, 5.41) is -0.255. The van der Waals surface area contributed by atoms with Crippen LogP contribution in [-0.4, -0.2) is 34.4 Å². The first-order valence-electron chi connectivity index (χ1n) is 6.00. The molecular weight excluding hydrogens is 367 g/mol. The van der Waals surface area contributed by atoms with E-state index in [1.807, 2.05) is 4.72 Å². The predicted molar refractivity (Wildman–Crippen MR) is 73.8 cm³/mol. The van der Waals surface area contributed by atoms with Crippen LogP contribution in [0.15, 0.2) is 23.1 Å². The van der Waals surface area contributed by atoms with Crippen molar-refractivity contribution in [1.29, 1.82) is 0 Å². The summed E-state index contributed by atoms with van der Waals surface area (Å²) < 4.78 is 87.7. The number of rotatable bonds is 3. The summed E-state index contributed by atoms with van der Waals surface area (Å²) in [4.78, 5) is -0.978. The molecule has 1 heterocycles. The van der Waals surface area contributed by atoms with Crippen LogP contribution in [0.2, 0.25) is 5.02 Å². The third kappa shape index (κ3) is 3.92. The van der Waals surface area contributed by atoms with Crippen LogP contribution in [0.3, 0.4) is 0 Å². The van der Waals surface area contributed by atoms with Crippen LogP contribution in [0, 0.1) is 0 Å². The van der Waals surface area contributed by atoms with E-state index < -0.39 is 48.3 Å². The van der Waals surface area contributed by atoms with Crippen LogP contribution >= 0.6 is 11.6 Å². The van der Waals surface area contributed by atoms with Gasteiger partial charge in [-0.15, -0.1) is 0 Å². The van der Waals surface area contributed by atoms with Gasteiger partial charge in [0.15, 0.2) is 9.84 Å². The van der Waals surface area contributed by atoms with Gasteiger partial charge >= 0.3 is 6.18 Å². The van der Waals surface area contributed by atoms with Crippen LogP contribution in [0.1, 0.15) is 12.0 Å². The molecule has 1 atom stereocenters. The molecule has 1 N–H and O–H groups in total. The molecule has 5 nitrogen and oxygen atoms in total. The first-order valence-corrected chi connectivity index (χ1v) is 9.68. The van der Waals surface area contributed by atoms with Gasteiger partial charge in [-0.3, -0.25) is 0 Å². The van der Waals surface area contributed by atoms with Crippen molar-refractivity contribution in [3.8, 4) is 0 Å². The number of alkyl halides is 3. The second kappa shape index (κ2) is 5.66. The molecule has 0 spiro atoms. The van der Waals surface area contributed by atoms with Crippen LogP contribution in [0.5, 0.6) is 0 Å². The lowest BCUT2D eigenvalue weighted by atomic mass is 10.2. The lowest BCUT2D eigenvalue weighted by molar-refractivity contribution is -0.139. The molecular formula is C11H11ClF3NO4S2. The van der Waals surface area contributed by atoms with Gasteiger partial charge in [0.2, 0.25) is 10.0 Å². The molecule has 1 aromatic carbocycles. The van der Waals surface area contributed by atoms with Crippen LogP contribution in [0.25, 0.3) is 0 Å². The Hall–Kier alpha value is -0.840. The molecule has 1 fully saturated rings. The number of halogens is 4. The molecule has 1 aromatic rings. The van der Waals surface area contributed by atoms with E-state index in [4.69, 9.17) is 11.6 Å². The molecule has 1 aliphatic heterocycles. The standard InChI is InChI=1S/C11H11ClF3NO4S2/c12-7-1-2-10(9(5-7)11(13,14)15)22(19,20)16-8-3-4-21(17,18)6-8/h1-2,5,8,16H,3-4,6H2. The fraction of sp³-hybridized carbons (Fsp3) is 0.455. The predicted octanol–water partition coefficient (Wildman–Crippen LogP) is 1.82. The molecule has 2 rings (SSSR count). The Kier molecular flexibility index (Phi) is 4.51. The molecule has 0 radical (unpaired) electrons. The minimum absolute atomic E-state index is 0.0243. The fourth-order valence-corrected chi connectivity index (χ4v) is 5.56. The van der Waals surface area contributed by atoms with E-state index in [1.54, 1.807) is 0 Å². The summed E-state index contributed by atoms with van der Waals surface area (Å²) in [5.74, 6) is -0.631. The first-order chi connectivity index (χ1) is 9.91. The minimum atomic E-state index is -4.91. The maximum atomic E-state index is 12.9. The van der Waals surface area contributed by atoms with Gasteiger partial charge in [-0.05, 0) is 24.6 Å². The number of hydrogen-bond donors (Lipinski definition) is 1. The maximum absolute atomic E-state index is 12.9. The van der Waals surface area contributed by atoms with Gasteiger partial charge < -0.3 is 0 Å². The highest BCUT2D eigenvalue weighted by atomic mass is 35.5. The van der Waals surface area contributed by atoms with Crippen molar-refractivity contribution in [1.82, 2.24) is 4.72 Å². The highest BCUT2D eigenvalue weighted by Crippen LogP contribution is 2.36. The van der Waals surface area contributed by atoms with E-state index in [2.05, 4.69) is 0 Å². The molecule has 22 heavy (non-hydrogen) atoms. The topological polar surface area (TPSA) is 80.3 Å². The lowest BCUT2D eigenvalue weighted by Crippen LogP contribution is -2.36. The molecule has 0 aromatic heterocycles. The highest BCUT2D eigenvalue weighted by molar-refractivity contribution is 7.92. The summed E-state index contributed by atoms with van der Waals surface area (Å²) in [6.45, 7) is 0. The van der Waals surface area contributed by atoms with Crippen molar-refractivity contribution in [3.05, 3.63) is 28.8 Å². The zero-order chi connectivity index (χ0) is 16.8. The molecule has 1 aliphatic rings. The van der Waals surface area contributed by atoms with Crippen molar-refractivity contribution >= 4 is 31.5 Å². The molecule has 1 unspecified atom stereocenters. The largest absolute Gasteiger partial charge is 0.417 e. The summed E-state index contributed by atoms with van der Waals surface area (Å²) in [5.41, 5.74) is -1.40. The van der Waals surface area contributed by atoms with Gasteiger partial charge in [0.25, 0.3) is 0 Å². The van der Waals surface area contributed by atoms with Crippen LogP contribution < -0.4 is 4.72 Å². The van der Waals surface area contributed by atoms with Gasteiger partial charge in [0.05, 0.1) is 22.0 Å². The van der Waals surface area contributed by atoms with Crippen molar-refractivity contribution in [2.45, 2.75) is 23.5 Å². The van der Waals surface area contributed by atoms with E-state index in [9.17, 15) is 30.0 Å². The Morgan fingerprint density at radius 2 is 1.91 bits per heavy atom. The molecule has 124 valence electrons. The molecule has 0 bridgehead atoms. The first kappa shape index (κ1) is 17.5. The molecule has 0 aliphatic carbocycles. The quantitative estimate of drug-likeness (QED) is 0.871. The number of nitrogens with one attached hydrogen (secondary N) is 1. The second-order valence-electron chi connectivity index (χ2n) is 4.86. The third-order valence-corrected chi connectivity index (χ3v) is 6.67. The SMILES string of the molecule is O=S1(=O)CCC(NS(=O)(=O)c2ccc(Cl)cc2C(F)(F)F)C1. The average Bonchev–Trinajstić information content (AvgIpc) is 2.66. The van der Waals surface area contributed by atoms with Crippen molar-refractivity contribution in [2.24, 2.45) is 0 Å². The van der Waals surface area contributed by atoms with E-state index in [1.165, 1.54) is 0 Å². The Morgan fingerprint density at radius 3 is 2.41 bits per heavy atom. The molecule has 0 amide bonds. The zero-order valence-corrected chi connectivity index (χ0v) is 13.3. The monoisotopic (exact) mass is 377 g/mol. The normalized spacial score (nSPS) is 21.9. The van der Waals surface area contributed by atoms with Gasteiger partial charge in [0, 0.05) is 11.1 Å². The van der Waals surface area contributed by atoms with Crippen molar-refractivity contribution in [3.63, 3.8) is 0 Å². The van der Waals surface area contributed by atoms with E-state index >= 15 is 0 Å². The van der Waals surface area contributed by atoms with E-state index in [0.717, 1.165) is 12.1 Å². The minimum Gasteiger partial charge on any atom is -0.229 e. The van der Waals surface area contributed by atoms with Crippen molar-refractivity contribution < 1.29 is 30.0 Å². The van der Waals surface area contributed by atoms with Gasteiger partial charge in [-0.2, -0.15) is 13.2 Å².